The summed E-state index contributed by atoms with van der Waals surface area (Å²) in [5.41, 5.74) is 0. The number of hydrogen-bond donors (Lipinski definition) is 1. The quantitative estimate of drug-likeness (QED) is 0.663. The predicted octanol–water partition coefficient (Wildman–Crippen LogP) is 0.133. The molecule has 1 unspecified atom stereocenters. The number of carbonyl (C=O) groups is 2. The second kappa shape index (κ2) is 4.36. The van der Waals surface area contributed by atoms with E-state index in [-0.39, 0.29) is 0 Å². The van der Waals surface area contributed by atoms with Gasteiger partial charge in [-0.15, -0.1) is 11.8 Å². The normalized spacial score (nSPS) is 21.4. The average molecular weight is 217 g/mol. The van der Waals surface area contributed by atoms with E-state index >= 15 is 0 Å². The number of esters is 1. The summed E-state index contributed by atoms with van der Waals surface area (Å²) in [5, 5.41) is 8.79. The number of carbonyl (C=O) groups excluding carboxylic acids is 1. The lowest BCUT2D eigenvalue weighted by atomic mass is 10.3. The Labute approximate surface area is 85.7 Å². The van der Waals surface area contributed by atoms with Crippen molar-refractivity contribution in [1.82, 2.24) is 4.90 Å². The number of rotatable bonds is 2. The predicted molar refractivity (Wildman–Crippen MR) is 51.7 cm³/mol. The summed E-state index contributed by atoms with van der Waals surface area (Å²) >= 11 is 1.20. The van der Waals surface area contributed by atoms with Gasteiger partial charge in [0.15, 0.2) is 0 Å². The summed E-state index contributed by atoms with van der Waals surface area (Å²) in [7, 11) is 2.93. The highest BCUT2D eigenvalue weighted by Gasteiger charge is 2.28. The van der Waals surface area contributed by atoms with Crippen LogP contribution in [0.3, 0.4) is 0 Å². The molecule has 0 saturated heterocycles. The van der Waals surface area contributed by atoms with E-state index in [2.05, 4.69) is 4.74 Å². The first-order chi connectivity index (χ1) is 6.56. The van der Waals surface area contributed by atoms with Crippen molar-refractivity contribution < 1.29 is 19.4 Å². The molecular formula is C8H11NO4S. The van der Waals surface area contributed by atoms with Gasteiger partial charge in [0.25, 0.3) is 0 Å². The van der Waals surface area contributed by atoms with Crippen LogP contribution in [0.4, 0.5) is 0 Å². The number of hydrogen-bond acceptors (Lipinski definition) is 5. The van der Waals surface area contributed by atoms with Gasteiger partial charge in [-0.05, 0) is 0 Å². The topological polar surface area (TPSA) is 66.8 Å². The van der Waals surface area contributed by atoms with Crippen LogP contribution in [-0.4, -0.2) is 47.9 Å². The zero-order valence-electron chi connectivity index (χ0n) is 7.89. The Balaban J connectivity index is 2.75. The molecule has 0 aromatic heterocycles. The van der Waals surface area contributed by atoms with Gasteiger partial charge >= 0.3 is 11.9 Å². The molecular weight excluding hydrogens is 206 g/mol. The number of likely N-dealkylation sites (N-methyl/N-ethyl adjacent to an activating group) is 1. The molecule has 1 atom stereocenters. The first-order valence-electron chi connectivity index (χ1n) is 3.94. The molecule has 6 heteroatoms. The van der Waals surface area contributed by atoms with Crippen LogP contribution in [0, 0.1) is 0 Å². The molecule has 0 amide bonds. The maximum atomic E-state index is 11.1. The van der Waals surface area contributed by atoms with Crippen LogP contribution in [0.25, 0.3) is 0 Å². The molecule has 1 aliphatic rings. The molecule has 0 aliphatic carbocycles. The van der Waals surface area contributed by atoms with Crippen molar-refractivity contribution in [1.29, 1.82) is 0 Å². The van der Waals surface area contributed by atoms with E-state index in [0.29, 0.717) is 10.7 Å². The van der Waals surface area contributed by atoms with Crippen molar-refractivity contribution in [2.24, 2.45) is 0 Å². The molecule has 0 spiro atoms. The van der Waals surface area contributed by atoms with Crippen molar-refractivity contribution in [2.45, 2.75) is 6.04 Å². The molecule has 14 heavy (non-hydrogen) atoms. The summed E-state index contributed by atoms with van der Waals surface area (Å²) in [6.07, 6.45) is 1.50. The first-order valence-corrected chi connectivity index (χ1v) is 4.92. The molecule has 0 radical (unpaired) electrons. The fourth-order valence-electron chi connectivity index (χ4n) is 1.06. The molecule has 1 aliphatic heterocycles. The fourth-order valence-corrected chi connectivity index (χ4v) is 2.21. The van der Waals surface area contributed by atoms with Crippen LogP contribution in [0.1, 0.15) is 0 Å². The second-order valence-electron chi connectivity index (χ2n) is 2.82. The molecule has 1 heterocycles. The molecule has 0 aromatic rings. The number of carboxylic acid groups (broad SMARTS) is 1. The van der Waals surface area contributed by atoms with Gasteiger partial charge in [0.1, 0.15) is 10.9 Å². The third-order valence-corrected chi connectivity index (χ3v) is 2.95. The highest BCUT2D eigenvalue weighted by molar-refractivity contribution is 8.04. The number of methoxy groups -OCH3 is 1. The average Bonchev–Trinajstić information content (AvgIpc) is 2.15. The van der Waals surface area contributed by atoms with E-state index in [9.17, 15) is 9.59 Å². The smallest absolute Gasteiger partial charge is 0.345 e. The lowest BCUT2D eigenvalue weighted by molar-refractivity contribution is -0.141. The molecule has 5 nitrogen and oxygen atoms in total. The van der Waals surface area contributed by atoms with E-state index in [4.69, 9.17) is 5.11 Å². The molecule has 1 rings (SSSR count). The highest BCUT2D eigenvalue weighted by atomic mass is 32.2. The van der Waals surface area contributed by atoms with Crippen molar-refractivity contribution >= 4 is 23.7 Å². The van der Waals surface area contributed by atoms with Gasteiger partial charge in [-0.3, -0.25) is 0 Å². The van der Waals surface area contributed by atoms with Gasteiger partial charge in [-0.25, -0.2) is 9.59 Å². The van der Waals surface area contributed by atoms with E-state index in [1.54, 1.807) is 7.05 Å². The first kappa shape index (κ1) is 10.9. The number of carboxylic acids is 1. The van der Waals surface area contributed by atoms with Crippen molar-refractivity contribution in [2.75, 3.05) is 19.9 Å². The van der Waals surface area contributed by atoms with E-state index < -0.39 is 18.0 Å². The Morgan fingerprint density at radius 3 is 2.79 bits per heavy atom. The third kappa shape index (κ3) is 2.20. The lowest BCUT2D eigenvalue weighted by Gasteiger charge is -2.27. The molecule has 0 saturated carbocycles. The van der Waals surface area contributed by atoms with Crippen molar-refractivity contribution in [3.8, 4) is 0 Å². The van der Waals surface area contributed by atoms with Crippen molar-refractivity contribution in [3.05, 3.63) is 11.1 Å². The molecule has 0 fully saturated rings. The van der Waals surface area contributed by atoms with Crippen LogP contribution in [0.2, 0.25) is 0 Å². The minimum Gasteiger partial charge on any atom is -0.480 e. The van der Waals surface area contributed by atoms with E-state index in [0.717, 1.165) is 0 Å². The zero-order chi connectivity index (χ0) is 10.7. The molecule has 0 aromatic carbocycles. The number of thioether (sulfide) groups is 1. The Bertz CT molecular complexity index is 289. The van der Waals surface area contributed by atoms with Crippen LogP contribution < -0.4 is 0 Å². The van der Waals surface area contributed by atoms with Gasteiger partial charge in [0.05, 0.1) is 7.11 Å². The fraction of sp³-hybridized carbons (Fsp3) is 0.500. The summed E-state index contributed by atoms with van der Waals surface area (Å²) in [4.78, 5) is 23.8. The minimum atomic E-state index is -0.889. The molecule has 0 bridgehead atoms. The van der Waals surface area contributed by atoms with Crippen LogP contribution >= 0.6 is 11.8 Å². The highest BCUT2D eigenvalue weighted by Crippen LogP contribution is 2.25. The summed E-state index contributed by atoms with van der Waals surface area (Å²) in [6, 6.07) is -0.576. The monoisotopic (exact) mass is 217 g/mol. The summed E-state index contributed by atoms with van der Waals surface area (Å²) in [6.45, 7) is 0. The van der Waals surface area contributed by atoms with Gasteiger partial charge in [-0.2, -0.15) is 0 Å². The Hall–Kier alpha value is -1.17. The Morgan fingerprint density at radius 2 is 2.36 bits per heavy atom. The van der Waals surface area contributed by atoms with Crippen molar-refractivity contribution in [3.63, 3.8) is 0 Å². The van der Waals surface area contributed by atoms with Gasteiger partial charge in [0, 0.05) is 19.0 Å². The maximum Gasteiger partial charge on any atom is 0.345 e. The van der Waals surface area contributed by atoms with Crippen LogP contribution in [-0.2, 0) is 14.3 Å². The number of ether oxygens (including phenoxy) is 1. The molecule has 78 valence electrons. The minimum absolute atomic E-state index is 0.354. The van der Waals surface area contributed by atoms with E-state index in [1.807, 2.05) is 0 Å². The second-order valence-corrected chi connectivity index (χ2v) is 3.88. The largest absolute Gasteiger partial charge is 0.480 e. The van der Waals surface area contributed by atoms with Crippen LogP contribution in [0.5, 0.6) is 0 Å². The Kier molecular flexibility index (Phi) is 3.40. The standard InChI is InChI=1S/C8H11NO4S/c1-9-3-6(8(12)13-2)14-4-5(9)7(10)11/h3,5H,4H2,1-2H3,(H,10,11). The van der Waals surface area contributed by atoms with Gasteiger partial charge in [-0.1, -0.05) is 0 Å². The van der Waals surface area contributed by atoms with Gasteiger partial charge in [0.2, 0.25) is 0 Å². The Morgan fingerprint density at radius 1 is 1.71 bits per heavy atom. The molecule has 1 N–H and O–H groups in total. The summed E-state index contributed by atoms with van der Waals surface area (Å²) in [5.74, 6) is -0.960. The maximum absolute atomic E-state index is 11.1. The number of nitrogens with zero attached hydrogens (tertiary/aromatic N) is 1. The third-order valence-electron chi connectivity index (χ3n) is 1.88. The van der Waals surface area contributed by atoms with Crippen LogP contribution in [0.15, 0.2) is 11.1 Å². The summed E-state index contributed by atoms with van der Waals surface area (Å²) < 4.78 is 4.53. The zero-order valence-corrected chi connectivity index (χ0v) is 8.71. The SMILES string of the molecule is COC(=O)C1=CN(C)C(C(=O)O)CS1. The lowest BCUT2D eigenvalue weighted by Crippen LogP contribution is -2.40. The number of aliphatic carboxylic acids is 1. The van der Waals surface area contributed by atoms with Gasteiger partial charge < -0.3 is 14.7 Å². The van der Waals surface area contributed by atoms with E-state index in [1.165, 1.54) is 30.0 Å².